The zero-order chi connectivity index (χ0) is 16.7. The van der Waals surface area contributed by atoms with E-state index in [-0.39, 0.29) is 24.3 Å². The fraction of sp³-hybridized carbons (Fsp3) is 0.471. The van der Waals surface area contributed by atoms with Gasteiger partial charge >= 0.3 is 0 Å². The van der Waals surface area contributed by atoms with Crippen LogP contribution in [0.3, 0.4) is 0 Å². The average molecular weight is 317 g/mol. The maximum absolute atomic E-state index is 12.1. The quantitative estimate of drug-likeness (QED) is 0.859. The molecule has 2 N–H and O–H groups in total. The summed E-state index contributed by atoms with van der Waals surface area (Å²) in [5, 5.41) is 5.36. The predicted octanol–water partition coefficient (Wildman–Crippen LogP) is 1.32. The SMILES string of the molecule is CNC(=O)Cc1ccc(NC(=O)CN2CCCCCC2=O)cc1. The Morgan fingerprint density at radius 3 is 2.52 bits per heavy atom. The summed E-state index contributed by atoms with van der Waals surface area (Å²) in [4.78, 5) is 36.9. The van der Waals surface area contributed by atoms with Crippen LogP contribution >= 0.6 is 0 Å². The zero-order valence-corrected chi connectivity index (χ0v) is 13.4. The molecule has 0 atom stereocenters. The van der Waals surface area contributed by atoms with Gasteiger partial charge in [-0.3, -0.25) is 14.4 Å². The van der Waals surface area contributed by atoms with Gasteiger partial charge in [0.05, 0.1) is 13.0 Å². The van der Waals surface area contributed by atoms with E-state index in [1.807, 2.05) is 12.1 Å². The Morgan fingerprint density at radius 2 is 1.83 bits per heavy atom. The highest BCUT2D eigenvalue weighted by atomic mass is 16.2. The minimum absolute atomic E-state index is 0.0542. The molecule has 1 aromatic carbocycles. The second-order valence-corrected chi connectivity index (χ2v) is 5.72. The number of nitrogens with one attached hydrogen (secondary N) is 2. The van der Waals surface area contributed by atoms with Crippen molar-refractivity contribution in [2.24, 2.45) is 0 Å². The summed E-state index contributed by atoms with van der Waals surface area (Å²) in [7, 11) is 1.60. The number of hydrogen-bond donors (Lipinski definition) is 2. The van der Waals surface area contributed by atoms with Crippen LogP contribution in [0.15, 0.2) is 24.3 Å². The summed E-state index contributed by atoms with van der Waals surface area (Å²) < 4.78 is 0. The summed E-state index contributed by atoms with van der Waals surface area (Å²) in [6, 6.07) is 7.14. The van der Waals surface area contributed by atoms with Crippen LogP contribution in [0.5, 0.6) is 0 Å². The number of hydrogen-bond acceptors (Lipinski definition) is 3. The highest BCUT2D eigenvalue weighted by Gasteiger charge is 2.19. The Hall–Kier alpha value is -2.37. The minimum atomic E-state index is -0.195. The Morgan fingerprint density at radius 1 is 1.09 bits per heavy atom. The third-order valence-electron chi connectivity index (χ3n) is 3.89. The Labute approximate surface area is 136 Å². The molecule has 0 aromatic heterocycles. The summed E-state index contributed by atoms with van der Waals surface area (Å²) in [6.45, 7) is 0.746. The lowest BCUT2D eigenvalue weighted by molar-refractivity contribution is -0.134. The molecule has 1 aromatic rings. The van der Waals surface area contributed by atoms with E-state index < -0.39 is 0 Å². The lowest BCUT2D eigenvalue weighted by Gasteiger charge is -2.19. The van der Waals surface area contributed by atoms with Crippen molar-refractivity contribution in [3.05, 3.63) is 29.8 Å². The molecule has 1 aliphatic rings. The monoisotopic (exact) mass is 317 g/mol. The van der Waals surface area contributed by atoms with Crippen molar-refractivity contribution in [3.8, 4) is 0 Å². The second-order valence-electron chi connectivity index (χ2n) is 5.72. The van der Waals surface area contributed by atoms with E-state index >= 15 is 0 Å². The van der Waals surface area contributed by atoms with Crippen LogP contribution < -0.4 is 10.6 Å². The molecular weight excluding hydrogens is 294 g/mol. The van der Waals surface area contributed by atoms with Crippen LogP contribution in [0.4, 0.5) is 5.69 Å². The number of amides is 3. The van der Waals surface area contributed by atoms with Gasteiger partial charge in [-0.25, -0.2) is 0 Å². The van der Waals surface area contributed by atoms with Gasteiger partial charge in [-0.15, -0.1) is 0 Å². The first-order valence-electron chi connectivity index (χ1n) is 7.95. The number of likely N-dealkylation sites (tertiary alicyclic amines) is 1. The van der Waals surface area contributed by atoms with Crippen LogP contribution in [0.1, 0.15) is 31.2 Å². The highest BCUT2D eigenvalue weighted by molar-refractivity contribution is 5.94. The van der Waals surface area contributed by atoms with Crippen molar-refractivity contribution >= 4 is 23.4 Å². The van der Waals surface area contributed by atoms with Gasteiger partial charge in [-0.2, -0.15) is 0 Å². The number of carbonyl (C=O) groups excluding carboxylic acids is 3. The Bertz CT molecular complexity index is 569. The molecule has 124 valence electrons. The van der Waals surface area contributed by atoms with Crippen LogP contribution in [-0.2, 0) is 20.8 Å². The lowest BCUT2D eigenvalue weighted by atomic mass is 10.1. The van der Waals surface area contributed by atoms with Crippen molar-refractivity contribution in [2.75, 3.05) is 25.5 Å². The molecule has 0 saturated carbocycles. The van der Waals surface area contributed by atoms with E-state index in [0.29, 0.717) is 25.1 Å². The molecular formula is C17H23N3O3. The van der Waals surface area contributed by atoms with E-state index in [9.17, 15) is 14.4 Å². The molecule has 0 radical (unpaired) electrons. The summed E-state index contributed by atoms with van der Waals surface area (Å²) >= 11 is 0. The molecule has 23 heavy (non-hydrogen) atoms. The van der Waals surface area contributed by atoms with Gasteiger partial charge in [0.1, 0.15) is 0 Å². The average Bonchev–Trinajstić information content (AvgIpc) is 2.74. The van der Waals surface area contributed by atoms with Crippen molar-refractivity contribution < 1.29 is 14.4 Å². The minimum Gasteiger partial charge on any atom is -0.359 e. The predicted molar refractivity (Wildman–Crippen MR) is 87.9 cm³/mol. The zero-order valence-electron chi connectivity index (χ0n) is 13.4. The number of benzene rings is 1. The van der Waals surface area contributed by atoms with E-state index in [1.54, 1.807) is 24.1 Å². The molecule has 1 fully saturated rings. The molecule has 3 amide bonds. The number of anilines is 1. The van der Waals surface area contributed by atoms with Gasteiger partial charge in [-0.1, -0.05) is 18.6 Å². The van der Waals surface area contributed by atoms with Crippen molar-refractivity contribution in [1.82, 2.24) is 10.2 Å². The standard InChI is InChI=1S/C17H23N3O3/c1-18-15(21)11-13-6-8-14(9-7-13)19-16(22)12-20-10-4-2-3-5-17(20)23/h6-9H,2-5,10-12H2,1H3,(H,18,21)(H,19,22). The Kier molecular flexibility index (Phi) is 6.14. The van der Waals surface area contributed by atoms with E-state index in [4.69, 9.17) is 0 Å². The van der Waals surface area contributed by atoms with E-state index in [1.165, 1.54) is 0 Å². The molecule has 0 bridgehead atoms. The normalized spacial score (nSPS) is 15.0. The number of likely N-dealkylation sites (N-methyl/N-ethyl adjacent to an activating group) is 1. The molecule has 0 spiro atoms. The van der Waals surface area contributed by atoms with Crippen molar-refractivity contribution in [3.63, 3.8) is 0 Å². The third-order valence-corrected chi connectivity index (χ3v) is 3.89. The van der Waals surface area contributed by atoms with E-state index in [2.05, 4.69) is 10.6 Å². The summed E-state index contributed by atoms with van der Waals surface area (Å²) in [5.41, 5.74) is 1.54. The topological polar surface area (TPSA) is 78.5 Å². The van der Waals surface area contributed by atoms with Gasteiger partial charge in [0.2, 0.25) is 17.7 Å². The number of nitrogens with zero attached hydrogens (tertiary/aromatic N) is 1. The molecule has 0 unspecified atom stereocenters. The summed E-state index contributed by atoms with van der Waals surface area (Å²) in [5.74, 6) is -0.195. The second kappa shape index (κ2) is 8.31. The van der Waals surface area contributed by atoms with Crippen LogP contribution in [-0.4, -0.2) is 42.8 Å². The molecule has 1 heterocycles. The van der Waals surface area contributed by atoms with Gasteiger partial charge in [-0.05, 0) is 30.5 Å². The van der Waals surface area contributed by atoms with Gasteiger partial charge in [0.15, 0.2) is 0 Å². The fourth-order valence-electron chi connectivity index (χ4n) is 2.56. The van der Waals surface area contributed by atoms with Gasteiger partial charge in [0, 0.05) is 25.7 Å². The van der Waals surface area contributed by atoms with Crippen LogP contribution in [0.25, 0.3) is 0 Å². The Balaban J connectivity index is 1.87. The molecule has 6 nitrogen and oxygen atoms in total. The van der Waals surface area contributed by atoms with Gasteiger partial charge < -0.3 is 15.5 Å². The first-order valence-corrected chi connectivity index (χ1v) is 7.95. The maximum atomic E-state index is 12.1. The summed E-state index contributed by atoms with van der Waals surface area (Å²) in [6.07, 6.45) is 3.74. The fourth-order valence-corrected chi connectivity index (χ4v) is 2.56. The van der Waals surface area contributed by atoms with Crippen LogP contribution in [0, 0.1) is 0 Å². The molecule has 2 rings (SSSR count). The first kappa shape index (κ1) is 17.0. The highest BCUT2D eigenvalue weighted by Crippen LogP contribution is 2.13. The first-order chi connectivity index (χ1) is 11.1. The third kappa shape index (κ3) is 5.39. The molecule has 6 heteroatoms. The number of carbonyl (C=O) groups is 3. The van der Waals surface area contributed by atoms with E-state index in [0.717, 1.165) is 24.8 Å². The van der Waals surface area contributed by atoms with Crippen molar-refractivity contribution in [1.29, 1.82) is 0 Å². The molecule has 0 aliphatic carbocycles. The lowest BCUT2D eigenvalue weighted by Crippen LogP contribution is -2.37. The van der Waals surface area contributed by atoms with Gasteiger partial charge in [0.25, 0.3) is 0 Å². The smallest absolute Gasteiger partial charge is 0.243 e. The van der Waals surface area contributed by atoms with Crippen molar-refractivity contribution in [2.45, 2.75) is 32.1 Å². The molecule has 1 aliphatic heterocycles. The number of rotatable bonds is 5. The van der Waals surface area contributed by atoms with Crippen LogP contribution in [0.2, 0.25) is 0 Å². The molecule has 1 saturated heterocycles. The largest absolute Gasteiger partial charge is 0.359 e. The maximum Gasteiger partial charge on any atom is 0.243 e.